The highest BCUT2D eigenvalue weighted by Gasteiger charge is 2.34. The van der Waals surface area contributed by atoms with Crippen LogP contribution in [0.25, 0.3) is 11.2 Å². The van der Waals surface area contributed by atoms with Gasteiger partial charge >= 0.3 is 0 Å². The number of nitrogens with zero attached hydrogens (tertiary/aromatic N) is 7. The zero-order chi connectivity index (χ0) is 42.7. The average molecular weight is 880 g/mol. The standard InChI is InChI=1S/C45H48Cl2N10O5/c46-36-2-1-3-37(47)40(36)45(61)52-31-22-33(23-31)57-27-50-41-42(48-26-49-43(41)57)51-30-6-8-32(9-7-30)55-20-18-54(19-21-55)24-28-14-16-56(17-15-28)39(59)25-62-34-10-4-29(5-11-34)35-12-13-38(58)53-44(35)60/h1-11,26-28,31,33,35H,12-25H2,(H,52,61)(H,48,49,51)(H,53,58,60)/t31?,33?,35-/m0/s1. The van der Waals surface area contributed by atoms with Crippen LogP contribution in [0.5, 0.6) is 5.75 Å². The molecule has 2 aromatic heterocycles. The average Bonchev–Trinajstić information content (AvgIpc) is 3.69. The van der Waals surface area contributed by atoms with E-state index in [0.29, 0.717) is 51.5 Å². The van der Waals surface area contributed by atoms with Crippen molar-refractivity contribution in [3.8, 4) is 5.75 Å². The van der Waals surface area contributed by atoms with Crippen molar-refractivity contribution < 1.29 is 23.9 Å². The highest BCUT2D eigenvalue weighted by Crippen LogP contribution is 2.36. The van der Waals surface area contributed by atoms with Gasteiger partial charge in [-0.25, -0.2) is 15.0 Å². The van der Waals surface area contributed by atoms with Crippen LogP contribution < -0.4 is 25.6 Å². The van der Waals surface area contributed by atoms with Crippen molar-refractivity contribution in [3.63, 3.8) is 0 Å². The lowest BCUT2D eigenvalue weighted by atomic mass is 9.86. The number of anilines is 3. The topological polar surface area (TPSA) is 167 Å². The van der Waals surface area contributed by atoms with Gasteiger partial charge in [-0.2, -0.15) is 0 Å². The van der Waals surface area contributed by atoms with Gasteiger partial charge in [-0.05, 0) is 92.1 Å². The molecule has 3 saturated heterocycles. The van der Waals surface area contributed by atoms with Crippen molar-refractivity contribution in [1.29, 1.82) is 0 Å². The van der Waals surface area contributed by atoms with Crippen molar-refractivity contribution in [2.45, 2.75) is 56.5 Å². The van der Waals surface area contributed by atoms with Gasteiger partial charge in [-0.15, -0.1) is 0 Å². The molecule has 15 nitrogen and oxygen atoms in total. The number of ether oxygens (including phenoxy) is 1. The number of carbonyl (C=O) groups is 4. The van der Waals surface area contributed by atoms with E-state index < -0.39 is 0 Å². The number of nitrogens with one attached hydrogen (secondary N) is 3. The first-order chi connectivity index (χ1) is 30.1. The van der Waals surface area contributed by atoms with Crippen molar-refractivity contribution in [2.75, 3.05) is 62.6 Å². The summed E-state index contributed by atoms with van der Waals surface area (Å²) in [7, 11) is 0. The summed E-state index contributed by atoms with van der Waals surface area (Å²) in [6.45, 7) is 6.34. The number of carbonyl (C=O) groups excluding carboxylic acids is 4. The van der Waals surface area contributed by atoms with Crippen LogP contribution in [0.3, 0.4) is 0 Å². The minimum atomic E-state index is -0.347. The van der Waals surface area contributed by atoms with E-state index in [0.717, 1.165) is 88.4 Å². The number of imidazole rings is 1. The Morgan fingerprint density at radius 1 is 0.839 bits per heavy atom. The minimum absolute atomic E-state index is 0.0115. The van der Waals surface area contributed by atoms with Crippen LogP contribution in [0.1, 0.15) is 66.4 Å². The maximum atomic E-state index is 13.0. The van der Waals surface area contributed by atoms with Gasteiger partial charge in [0.25, 0.3) is 11.8 Å². The minimum Gasteiger partial charge on any atom is -0.484 e. The smallest absolute Gasteiger partial charge is 0.260 e. The lowest BCUT2D eigenvalue weighted by Gasteiger charge is -2.39. The number of aromatic nitrogens is 4. The molecule has 3 aromatic carbocycles. The number of amides is 4. The number of rotatable bonds is 12. The molecule has 1 atom stereocenters. The highest BCUT2D eigenvalue weighted by atomic mass is 35.5. The number of piperazine rings is 1. The Hall–Kier alpha value is -5.77. The number of halogens is 2. The fourth-order valence-corrected chi connectivity index (χ4v) is 9.54. The maximum Gasteiger partial charge on any atom is 0.260 e. The Labute approximate surface area is 369 Å². The summed E-state index contributed by atoms with van der Waals surface area (Å²) in [5.74, 6) is 0.621. The first-order valence-electron chi connectivity index (χ1n) is 21.3. The molecule has 1 saturated carbocycles. The molecule has 4 amide bonds. The van der Waals surface area contributed by atoms with E-state index >= 15 is 0 Å². The number of hydrogen-bond acceptors (Lipinski definition) is 11. The molecule has 5 aromatic rings. The van der Waals surface area contributed by atoms with Crippen LogP contribution in [0.2, 0.25) is 10.0 Å². The highest BCUT2D eigenvalue weighted by molar-refractivity contribution is 6.39. The van der Waals surface area contributed by atoms with Crippen LogP contribution in [-0.4, -0.2) is 111 Å². The Morgan fingerprint density at radius 3 is 2.27 bits per heavy atom. The summed E-state index contributed by atoms with van der Waals surface area (Å²) in [4.78, 5) is 70.1. The summed E-state index contributed by atoms with van der Waals surface area (Å²) in [5.41, 5.74) is 4.63. The Kier molecular flexibility index (Phi) is 12.3. The SMILES string of the molecule is O=C1CC[C@@H](c2ccc(OCC(=O)N3CCC(CN4CCN(c5ccc(Nc6ncnc7c6ncn7C6CC(NC(=O)c7c(Cl)cccc7Cl)C6)cc5)CC4)CC3)cc2)C(=O)N1. The predicted octanol–water partition coefficient (Wildman–Crippen LogP) is 5.97. The van der Waals surface area contributed by atoms with Crippen LogP contribution >= 0.6 is 23.2 Å². The van der Waals surface area contributed by atoms with Crippen LogP contribution in [0.4, 0.5) is 17.2 Å². The molecule has 5 heterocycles. The first kappa shape index (κ1) is 41.6. The van der Waals surface area contributed by atoms with Gasteiger partial charge in [-0.1, -0.05) is 41.4 Å². The third kappa shape index (κ3) is 9.20. The second kappa shape index (κ2) is 18.3. The Morgan fingerprint density at radius 2 is 1.56 bits per heavy atom. The molecule has 4 fully saturated rings. The third-order valence-electron chi connectivity index (χ3n) is 12.6. The zero-order valence-electron chi connectivity index (χ0n) is 34.1. The number of likely N-dealkylation sites (tertiary alicyclic amines) is 1. The fourth-order valence-electron chi connectivity index (χ4n) is 8.97. The second-order valence-corrected chi connectivity index (χ2v) is 17.4. The second-order valence-electron chi connectivity index (χ2n) is 16.6. The first-order valence-corrected chi connectivity index (χ1v) is 22.0. The molecule has 322 valence electrons. The lowest BCUT2D eigenvalue weighted by molar-refractivity contribution is -0.135. The third-order valence-corrected chi connectivity index (χ3v) is 13.3. The largest absolute Gasteiger partial charge is 0.484 e. The van der Waals surface area contributed by atoms with Crippen molar-refractivity contribution in [1.82, 2.24) is 40.0 Å². The number of piperidine rings is 2. The molecular formula is C45H48Cl2N10O5. The van der Waals surface area contributed by atoms with Gasteiger partial charge in [0, 0.05) is 75.7 Å². The lowest BCUT2D eigenvalue weighted by Crippen LogP contribution is -2.49. The molecule has 9 rings (SSSR count). The molecule has 4 aliphatic rings. The molecule has 1 aliphatic carbocycles. The van der Waals surface area contributed by atoms with Crippen molar-refractivity contribution >= 4 is 75.2 Å². The van der Waals surface area contributed by atoms with E-state index in [1.807, 2.05) is 17.0 Å². The normalized spacial score (nSPS) is 21.0. The van der Waals surface area contributed by atoms with Crippen molar-refractivity contribution in [2.24, 2.45) is 5.92 Å². The van der Waals surface area contributed by atoms with E-state index in [1.165, 1.54) is 5.69 Å². The van der Waals surface area contributed by atoms with Gasteiger partial charge in [0.05, 0.1) is 27.9 Å². The van der Waals surface area contributed by atoms with Crippen molar-refractivity contribution in [3.05, 3.63) is 101 Å². The van der Waals surface area contributed by atoms with Gasteiger partial charge in [0.2, 0.25) is 11.8 Å². The van der Waals surface area contributed by atoms with E-state index in [9.17, 15) is 19.2 Å². The predicted molar refractivity (Wildman–Crippen MR) is 236 cm³/mol. The number of benzene rings is 3. The van der Waals surface area contributed by atoms with E-state index in [-0.39, 0.29) is 48.2 Å². The Balaban J connectivity index is 0.692. The van der Waals surface area contributed by atoms with Crippen LogP contribution in [0, 0.1) is 5.92 Å². The quantitative estimate of drug-likeness (QED) is 0.127. The van der Waals surface area contributed by atoms with E-state index in [2.05, 4.69) is 69.5 Å². The number of hydrogen-bond donors (Lipinski definition) is 3. The van der Waals surface area contributed by atoms with Gasteiger partial charge in [0.1, 0.15) is 12.1 Å². The fraction of sp³-hybridized carbons (Fsp3) is 0.400. The maximum absolute atomic E-state index is 13.0. The van der Waals surface area contributed by atoms with Gasteiger partial charge < -0.3 is 29.7 Å². The van der Waals surface area contributed by atoms with E-state index in [4.69, 9.17) is 27.9 Å². The monoisotopic (exact) mass is 878 g/mol. The summed E-state index contributed by atoms with van der Waals surface area (Å²) in [6.07, 6.45) is 7.58. The van der Waals surface area contributed by atoms with Gasteiger partial charge in [0.15, 0.2) is 23.6 Å². The summed E-state index contributed by atoms with van der Waals surface area (Å²) >= 11 is 12.5. The molecule has 0 spiro atoms. The number of fused-ring (bicyclic) bond motifs is 1. The van der Waals surface area contributed by atoms with E-state index in [1.54, 1.807) is 43.0 Å². The molecule has 0 radical (unpaired) electrons. The summed E-state index contributed by atoms with van der Waals surface area (Å²) < 4.78 is 7.85. The molecular weight excluding hydrogens is 831 g/mol. The molecule has 0 unspecified atom stereocenters. The summed E-state index contributed by atoms with van der Waals surface area (Å²) in [6, 6.07) is 20.8. The zero-order valence-corrected chi connectivity index (χ0v) is 35.7. The van der Waals surface area contributed by atoms with Crippen LogP contribution in [-0.2, 0) is 14.4 Å². The summed E-state index contributed by atoms with van der Waals surface area (Å²) in [5, 5.41) is 9.53. The molecule has 17 heteroatoms. The molecule has 0 bridgehead atoms. The molecule has 62 heavy (non-hydrogen) atoms. The Bertz CT molecular complexity index is 2420. The number of imide groups is 1. The molecule has 3 aliphatic heterocycles. The van der Waals surface area contributed by atoms with Gasteiger partial charge in [-0.3, -0.25) is 29.4 Å². The molecule has 3 N–H and O–H groups in total. The van der Waals surface area contributed by atoms with Crippen LogP contribution in [0.15, 0.2) is 79.4 Å².